The summed E-state index contributed by atoms with van der Waals surface area (Å²) in [5.41, 5.74) is 0. The summed E-state index contributed by atoms with van der Waals surface area (Å²) in [6.07, 6.45) is 0. The molecule has 0 spiro atoms. The molecule has 0 radical (unpaired) electrons. The van der Waals surface area contributed by atoms with Gasteiger partial charge in [-0.15, -0.1) is 0 Å². The molecule has 5 heavy (non-hydrogen) atoms. The van der Waals surface area contributed by atoms with E-state index in [2.05, 4.69) is 0 Å². The van der Waals surface area contributed by atoms with Crippen LogP contribution in [0.4, 0.5) is 0 Å². The standard InChI is InChI=1S/CH2O2.H3N.Zn/c2-1-3;;/h1H,(H,2,3);1H3;. The summed E-state index contributed by atoms with van der Waals surface area (Å²) in [5.74, 6) is 0. The van der Waals surface area contributed by atoms with Crippen molar-refractivity contribution in [1.82, 2.24) is 6.15 Å². The van der Waals surface area contributed by atoms with Gasteiger partial charge in [-0.3, -0.25) is 4.79 Å². The Labute approximate surface area is 42.7 Å². The third kappa shape index (κ3) is 6000. The zero-order chi connectivity index (χ0) is 2.71. The molecule has 0 aromatic heterocycles. The molecule has 0 amide bonds. The molecular formula is CH5NO2Zn. The molecule has 0 aromatic carbocycles. The molecule has 0 saturated carbocycles. The van der Waals surface area contributed by atoms with Crippen molar-refractivity contribution in [2.24, 2.45) is 0 Å². The van der Waals surface area contributed by atoms with Gasteiger partial charge in [-0.2, -0.15) is 0 Å². The van der Waals surface area contributed by atoms with Crippen LogP contribution in [0.15, 0.2) is 0 Å². The number of hydrogen-bond donors (Lipinski definition) is 2. The van der Waals surface area contributed by atoms with Crippen molar-refractivity contribution in [3.8, 4) is 0 Å². The predicted molar refractivity (Wildman–Crippen MR) is 13.7 cm³/mol. The summed E-state index contributed by atoms with van der Waals surface area (Å²) in [4.78, 5) is 8.36. The van der Waals surface area contributed by atoms with Crippen LogP contribution in [0.3, 0.4) is 0 Å². The molecule has 0 aliphatic carbocycles. The molecule has 0 aliphatic heterocycles. The zero-order valence-electron chi connectivity index (χ0n) is 2.85. The molecule has 0 heterocycles. The van der Waals surface area contributed by atoms with Crippen LogP contribution in [0.2, 0.25) is 0 Å². The summed E-state index contributed by atoms with van der Waals surface area (Å²) in [7, 11) is 0. The van der Waals surface area contributed by atoms with Crippen LogP contribution in [0.25, 0.3) is 0 Å². The molecule has 0 unspecified atom stereocenters. The van der Waals surface area contributed by atoms with Crippen molar-refractivity contribution in [3.63, 3.8) is 0 Å². The molecule has 0 aromatic rings. The first-order valence-electron chi connectivity index (χ1n) is 0.494. The van der Waals surface area contributed by atoms with Crippen LogP contribution < -0.4 is 6.15 Å². The average Bonchev–Trinajstić information content (AvgIpc) is 0.918. The van der Waals surface area contributed by atoms with Crippen LogP contribution in [0.1, 0.15) is 0 Å². The predicted octanol–water partition coefficient (Wildman–Crippen LogP) is -0.140. The van der Waals surface area contributed by atoms with Crippen molar-refractivity contribution in [2.75, 3.05) is 0 Å². The minimum Gasteiger partial charge on any atom is -0.483 e. The Morgan fingerprint density at radius 3 is 1.60 bits per heavy atom. The van der Waals surface area contributed by atoms with Gasteiger partial charge in [-0.1, -0.05) is 0 Å². The second-order valence-corrected chi connectivity index (χ2v) is 0.105. The Bertz CT molecular complexity index is 17.1. The third-order valence-corrected chi connectivity index (χ3v) is 0. The molecule has 28 valence electrons. The van der Waals surface area contributed by atoms with Crippen molar-refractivity contribution >= 4 is 6.47 Å². The average molecular weight is 128 g/mol. The first-order valence-corrected chi connectivity index (χ1v) is 0.494. The van der Waals surface area contributed by atoms with Gasteiger partial charge in [0, 0.05) is 19.5 Å². The van der Waals surface area contributed by atoms with Crippen molar-refractivity contribution in [1.29, 1.82) is 0 Å². The molecule has 4 heteroatoms. The van der Waals surface area contributed by atoms with Crippen LogP contribution in [-0.4, -0.2) is 11.6 Å². The van der Waals surface area contributed by atoms with E-state index in [1.807, 2.05) is 0 Å². The Morgan fingerprint density at radius 2 is 1.60 bits per heavy atom. The summed E-state index contributed by atoms with van der Waals surface area (Å²) in [6.45, 7) is -0.250. The zero-order valence-corrected chi connectivity index (χ0v) is 5.81. The number of carboxylic acid groups (broad SMARTS) is 1. The van der Waals surface area contributed by atoms with E-state index in [-0.39, 0.29) is 32.1 Å². The second-order valence-electron chi connectivity index (χ2n) is 0.105. The Kier molecular flexibility index (Phi) is 134. The molecule has 0 aliphatic rings. The number of hydrogen-bond acceptors (Lipinski definition) is 2. The first-order chi connectivity index (χ1) is 1.41. The van der Waals surface area contributed by atoms with E-state index in [4.69, 9.17) is 9.90 Å². The Morgan fingerprint density at radius 1 is 1.60 bits per heavy atom. The van der Waals surface area contributed by atoms with Crippen LogP contribution in [0, 0.1) is 0 Å². The minimum absolute atomic E-state index is 0. The van der Waals surface area contributed by atoms with Crippen molar-refractivity contribution in [2.45, 2.75) is 0 Å². The monoisotopic (exact) mass is 127 g/mol. The topological polar surface area (TPSA) is 72.3 Å². The summed E-state index contributed by atoms with van der Waals surface area (Å²) in [5, 5.41) is 6.89. The van der Waals surface area contributed by atoms with Gasteiger partial charge in [0.25, 0.3) is 6.47 Å². The second kappa shape index (κ2) is 34.1. The fourth-order valence-electron chi connectivity index (χ4n) is 0. The van der Waals surface area contributed by atoms with Gasteiger partial charge < -0.3 is 11.3 Å². The smallest absolute Gasteiger partial charge is 0.290 e. The van der Waals surface area contributed by atoms with E-state index in [9.17, 15) is 0 Å². The van der Waals surface area contributed by atoms with Gasteiger partial charge in [0.05, 0.1) is 0 Å². The van der Waals surface area contributed by atoms with Gasteiger partial charge >= 0.3 is 0 Å². The molecule has 4 N–H and O–H groups in total. The molecule has 0 rings (SSSR count). The van der Waals surface area contributed by atoms with Gasteiger partial charge in [0.1, 0.15) is 0 Å². The van der Waals surface area contributed by atoms with Crippen molar-refractivity contribution in [3.05, 3.63) is 0 Å². The summed E-state index contributed by atoms with van der Waals surface area (Å²) < 4.78 is 0. The molecular weight excluding hydrogens is 123 g/mol. The fraction of sp³-hybridized carbons (Fsp3) is 0. The number of rotatable bonds is 0. The van der Waals surface area contributed by atoms with E-state index >= 15 is 0 Å². The molecule has 0 atom stereocenters. The maximum absolute atomic E-state index is 8.36. The molecule has 0 saturated heterocycles. The summed E-state index contributed by atoms with van der Waals surface area (Å²) in [6, 6.07) is 0. The number of carbonyl (C=O) groups is 1. The van der Waals surface area contributed by atoms with E-state index in [1.165, 1.54) is 0 Å². The van der Waals surface area contributed by atoms with E-state index in [0.29, 0.717) is 0 Å². The molecule has 3 nitrogen and oxygen atoms in total. The fourth-order valence-corrected chi connectivity index (χ4v) is 0. The van der Waals surface area contributed by atoms with Crippen LogP contribution >= 0.6 is 0 Å². The maximum Gasteiger partial charge on any atom is 0.290 e. The van der Waals surface area contributed by atoms with Gasteiger partial charge in [0.2, 0.25) is 0 Å². The van der Waals surface area contributed by atoms with Crippen LogP contribution in [-0.2, 0) is 24.3 Å². The normalized spacial score (nSPS) is 2.40. The first kappa shape index (κ1) is 19.7. The van der Waals surface area contributed by atoms with Crippen molar-refractivity contribution < 1.29 is 29.4 Å². The summed E-state index contributed by atoms with van der Waals surface area (Å²) >= 11 is 0. The minimum atomic E-state index is -0.250. The van der Waals surface area contributed by atoms with Crippen LogP contribution in [0.5, 0.6) is 0 Å². The largest absolute Gasteiger partial charge is 0.483 e. The molecule has 0 fully saturated rings. The van der Waals surface area contributed by atoms with Gasteiger partial charge in [-0.25, -0.2) is 0 Å². The van der Waals surface area contributed by atoms with E-state index in [1.54, 1.807) is 0 Å². The van der Waals surface area contributed by atoms with E-state index < -0.39 is 0 Å². The molecule has 0 bridgehead atoms. The Balaban J connectivity index is -0.0000000200. The third-order valence-electron chi connectivity index (χ3n) is 0. The van der Waals surface area contributed by atoms with Gasteiger partial charge in [0.15, 0.2) is 0 Å². The van der Waals surface area contributed by atoms with E-state index in [0.717, 1.165) is 0 Å². The maximum atomic E-state index is 8.36. The Hall–Kier alpha value is 0.0534. The SMILES string of the molecule is N.O=CO.[Zn]. The van der Waals surface area contributed by atoms with Gasteiger partial charge in [-0.05, 0) is 0 Å². The quantitative estimate of drug-likeness (QED) is 0.352.